The van der Waals surface area contributed by atoms with E-state index in [1.165, 1.54) is 0 Å². The van der Waals surface area contributed by atoms with Gasteiger partial charge in [-0.25, -0.2) is 4.68 Å². The minimum atomic E-state index is -0.488. The number of hydrogen-bond acceptors (Lipinski definition) is 4. The third-order valence-electron chi connectivity index (χ3n) is 5.74. The summed E-state index contributed by atoms with van der Waals surface area (Å²) in [5.74, 6) is -0.951. The van der Waals surface area contributed by atoms with Crippen molar-refractivity contribution >= 4 is 11.7 Å². The van der Waals surface area contributed by atoms with Crippen molar-refractivity contribution in [2.45, 2.75) is 19.9 Å². The number of carbonyl (C=O) groups is 2. The highest BCUT2D eigenvalue weighted by Gasteiger charge is 2.35. The van der Waals surface area contributed by atoms with Gasteiger partial charge in [0, 0.05) is 19.6 Å². The molecule has 0 spiro atoms. The van der Waals surface area contributed by atoms with Crippen LogP contribution in [0.25, 0.3) is 5.69 Å². The zero-order valence-corrected chi connectivity index (χ0v) is 17.6. The van der Waals surface area contributed by atoms with Gasteiger partial charge in [-0.05, 0) is 38.6 Å². The zero-order chi connectivity index (χ0) is 21.3. The predicted octanol–water partition coefficient (Wildman–Crippen LogP) is 3.19. The van der Waals surface area contributed by atoms with Crippen molar-refractivity contribution in [3.05, 3.63) is 83.2 Å². The molecule has 1 aromatic heterocycles. The Morgan fingerprint density at radius 1 is 0.933 bits per heavy atom. The molecule has 1 aliphatic heterocycles. The van der Waals surface area contributed by atoms with Gasteiger partial charge < -0.3 is 9.80 Å². The molecule has 1 fully saturated rings. The van der Waals surface area contributed by atoms with E-state index in [-0.39, 0.29) is 6.04 Å². The molecule has 4 rings (SSSR count). The van der Waals surface area contributed by atoms with Crippen LogP contribution < -0.4 is 0 Å². The van der Waals surface area contributed by atoms with Crippen molar-refractivity contribution in [1.29, 1.82) is 0 Å². The maximum Gasteiger partial charge on any atom is 0.295 e. The van der Waals surface area contributed by atoms with Crippen LogP contribution in [0.3, 0.4) is 0 Å². The fourth-order valence-corrected chi connectivity index (χ4v) is 4.15. The van der Waals surface area contributed by atoms with Gasteiger partial charge >= 0.3 is 0 Å². The van der Waals surface area contributed by atoms with Crippen LogP contribution in [0.2, 0.25) is 0 Å². The fourth-order valence-electron chi connectivity index (χ4n) is 4.15. The van der Waals surface area contributed by atoms with E-state index in [0.29, 0.717) is 30.0 Å². The molecule has 0 radical (unpaired) electrons. The normalized spacial score (nSPS) is 17.2. The Labute approximate surface area is 176 Å². The summed E-state index contributed by atoms with van der Waals surface area (Å²) >= 11 is 0. The SMILES string of the molecule is Cc1nn(-c2ccccc2)c(C)c1C(=O)C(=O)N1CCN(C)CC1c1ccccc1. The van der Waals surface area contributed by atoms with Gasteiger partial charge in [-0.3, -0.25) is 9.59 Å². The molecule has 1 unspecified atom stereocenters. The van der Waals surface area contributed by atoms with Gasteiger partial charge in [0.1, 0.15) is 0 Å². The first-order valence-corrected chi connectivity index (χ1v) is 10.2. The number of amides is 1. The molecule has 6 heteroatoms. The summed E-state index contributed by atoms with van der Waals surface area (Å²) in [6.07, 6.45) is 0. The molecule has 6 nitrogen and oxygen atoms in total. The van der Waals surface area contributed by atoms with Crippen LogP contribution in [-0.4, -0.2) is 58.0 Å². The van der Waals surface area contributed by atoms with Crippen molar-refractivity contribution in [3.63, 3.8) is 0 Å². The standard InChI is InChI=1S/C24H26N4O2/c1-17-22(18(2)28(25-17)20-12-8-5-9-13-20)23(29)24(30)27-15-14-26(3)16-21(27)19-10-6-4-7-11-19/h4-13,21H,14-16H2,1-3H3. The topological polar surface area (TPSA) is 58.4 Å². The van der Waals surface area contributed by atoms with Crippen molar-refractivity contribution in [2.24, 2.45) is 0 Å². The van der Waals surface area contributed by atoms with Gasteiger partial charge in [0.05, 0.1) is 28.7 Å². The van der Waals surface area contributed by atoms with Gasteiger partial charge in [0.2, 0.25) is 0 Å². The van der Waals surface area contributed by atoms with Crippen molar-refractivity contribution in [2.75, 3.05) is 26.7 Å². The van der Waals surface area contributed by atoms with Gasteiger partial charge in [-0.15, -0.1) is 0 Å². The molecule has 1 aliphatic rings. The molecule has 0 saturated carbocycles. The van der Waals surface area contributed by atoms with E-state index in [9.17, 15) is 9.59 Å². The molecule has 2 aromatic carbocycles. The second-order valence-electron chi connectivity index (χ2n) is 7.81. The van der Waals surface area contributed by atoms with Crippen LogP contribution in [0.1, 0.15) is 33.4 Å². The number of piperazine rings is 1. The monoisotopic (exact) mass is 402 g/mol. The number of para-hydroxylation sites is 1. The second-order valence-corrected chi connectivity index (χ2v) is 7.81. The van der Waals surface area contributed by atoms with Crippen molar-refractivity contribution in [3.8, 4) is 5.69 Å². The average Bonchev–Trinajstić information content (AvgIpc) is 3.08. The number of Topliss-reactive ketones (excluding diaryl/α,β-unsaturated/α-hetero) is 1. The quantitative estimate of drug-likeness (QED) is 0.497. The molecule has 3 aromatic rings. The van der Waals surface area contributed by atoms with E-state index >= 15 is 0 Å². The highest BCUT2D eigenvalue weighted by molar-refractivity contribution is 6.43. The lowest BCUT2D eigenvalue weighted by Crippen LogP contribution is -2.51. The summed E-state index contributed by atoms with van der Waals surface area (Å²) in [5.41, 5.74) is 3.56. The van der Waals surface area contributed by atoms with Crippen molar-refractivity contribution in [1.82, 2.24) is 19.6 Å². The third-order valence-corrected chi connectivity index (χ3v) is 5.74. The Kier molecular flexibility index (Phi) is 5.50. The maximum absolute atomic E-state index is 13.4. The highest BCUT2D eigenvalue weighted by Crippen LogP contribution is 2.27. The second kappa shape index (κ2) is 8.24. The molecule has 2 heterocycles. The summed E-state index contributed by atoms with van der Waals surface area (Å²) < 4.78 is 1.73. The number of nitrogens with zero attached hydrogens (tertiary/aromatic N) is 4. The molecule has 1 atom stereocenters. The summed E-state index contributed by atoms with van der Waals surface area (Å²) in [4.78, 5) is 30.6. The third kappa shape index (κ3) is 3.66. The van der Waals surface area contributed by atoms with Crippen LogP contribution in [0.5, 0.6) is 0 Å². The summed E-state index contributed by atoms with van der Waals surface area (Å²) in [7, 11) is 2.04. The molecule has 30 heavy (non-hydrogen) atoms. The number of rotatable bonds is 4. The first-order valence-electron chi connectivity index (χ1n) is 10.2. The first-order chi connectivity index (χ1) is 14.5. The zero-order valence-electron chi connectivity index (χ0n) is 17.6. The molecule has 0 N–H and O–H groups in total. The molecular weight excluding hydrogens is 376 g/mol. The number of carbonyl (C=O) groups excluding carboxylic acids is 2. The smallest absolute Gasteiger partial charge is 0.295 e. The van der Waals surface area contributed by atoms with E-state index in [4.69, 9.17) is 0 Å². The number of hydrogen-bond donors (Lipinski definition) is 0. The molecule has 154 valence electrons. The Balaban J connectivity index is 1.66. The van der Waals surface area contributed by atoms with E-state index in [1.807, 2.05) is 74.6 Å². The first kappa shape index (κ1) is 20.0. The van der Waals surface area contributed by atoms with Crippen molar-refractivity contribution < 1.29 is 9.59 Å². The molecule has 1 amide bonds. The Morgan fingerprint density at radius 3 is 2.23 bits per heavy atom. The number of aromatic nitrogens is 2. The maximum atomic E-state index is 13.4. The number of aryl methyl sites for hydroxylation is 1. The Hall–Kier alpha value is -3.25. The minimum Gasteiger partial charge on any atom is -0.326 e. The molecule has 0 bridgehead atoms. The van der Waals surface area contributed by atoms with E-state index in [0.717, 1.165) is 17.8 Å². The van der Waals surface area contributed by atoms with Crippen LogP contribution in [0, 0.1) is 13.8 Å². The number of likely N-dealkylation sites (N-methyl/N-ethyl adjacent to an activating group) is 1. The summed E-state index contributed by atoms with van der Waals surface area (Å²) in [6.45, 7) is 5.58. The predicted molar refractivity (Wildman–Crippen MR) is 116 cm³/mol. The number of benzene rings is 2. The minimum absolute atomic E-state index is 0.147. The summed E-state index contributed by atoms with van der Waals surface area (Å²) in [5, 5.41) is 4.54. The van der Waals surface area contributed by atoms with E-state index in [1.54, 1.807) is 16.5 Å². The lowest BCUT2D eigenvalue weighted by molar-refractivity contribution is -0.131. The van der Waals surface area contributed by atoms with Crippen LogP contribution in [0.15, 0.2) is 60.7 Å². The molecule has 0 aliphatic carbocycles. The summed E-state index contributed by atoms with van der Waals surface area (Å²) in [6, 6.07) is 19.4. The van der Waals surface area contributed by atoms with Crippen LogP contribution >= 0.6 is 0 Å². The Morgan fingerprint density at radius 2 is 1.57 bits per heavy atom. The fraction of sp³-hybridized carbons (Fsp3) is 0.292. The van der Waals surface area contributed by atoms with Crippen LogP contribution in [0.4, 0.5) is 0 Å². The lowest BCUT2D eigenvalue weighted by Gasteiger charge is -2.40. The van der Waals surface area contributed by atoms with Crippen LogP contribution in [-0.2, 0) is 4.79 Å². The molecular formula is C24H26N4O2. The Bertz CT molecular complexity index is 1060. The largest absolute Gasteiger partial charge is 0.326 e. The van der Waals surface area contributed by atoms with Gasteiger partial charge in [-0.1, -0.05) is 48.5 Å². The lowest BCUT2D eigenvalue weighted by atomic mass is 10.0. The average molecular weight is 402 g/mol. The number of ketones is 1. The van der Waals surface area contributed by atoms with Gasteiger partial charge in [0.25, 0.3) is 11.7 Å². The van der Waals surface area contributed by atoms with E-state index in [2.05, 4.69) is 10.00 Å². The molecule has 1 saturated heterocycles. The highest BCUT2D eigenvalue weighted by atomic mass is 16.2. The van der Waals surface area contributed by atoms with Gasteiger partial charge in [0.15, 0.2) is 0 Å². The van der Waals surface area contributed by atoms with E-state index < -0.39 is 11.7 Å². The van der Waals surface area contributed by atoms with Gasteiger partial charge in [-0.2, -0.15) is 5.10 Å².